The predicted molar refractivity (Wildman–Crippen MR) is 163 cm³/mol. The van der Waals surface area contributed by atoms with Crippen molar-refractivity contribution in [1.29, 1.82) is 0 Å². The molecule has 3 amide bonds. The number of rotatable bonds is 15. The second kappa shape index (κ2) is 14.4. The minimum absolute atomic E-state index is 0.0243. The van der Waals surface area contributed by atoms with Gasteiger partial charge in [0.2, 0.25) is 11.8 Å². The molecule has 0 bridgehead atoms. The van der Waals surface area contributed by atoms with Gasteiger partial charge in [0.05, 0.1) is 25.4 Å². The van der Waals surface area contributed by atoms with Gasteiger partial charge in [-0.05, 0) is 48.1 Å². The Kier molecular flexibility index (Phi) is 10.1. The van der Waals surface area contributed by atoms with Crippen molar-refractivity contribution in [2.24, 2.45) is 0 Å². The van der Waals surface area contributed by atoms with Gasteiger partial charge in [0, 0.05) is 6.42 Å². The Balaban J connectivity index is 1.32. The fourth-order valence-electron chi connectivity index (χ4n) is 4.99. The topological polar surface area (TPSA) is 156 Å². The molecule has 2 aliphatic rings. The van der Waals surface area contributed by atoms with E-state index in [-0.39, 0.29) is 44.7 Å². The molecule has 1 heterocycles. The minimum atomic E-state index is -1.48. The Labute approximate surface area is 261 Å². The zero-order valence-corrected chi connectivity index (χ0v) is 24.9. The molecule has 5 rings (SSSR count). The Bertz CT molecular complexity index is 1470. The molecule has 236 valence electrons. The SMILES string of the molecule is COc1ccc(C[C@H](NC(=O)[C@@H](NC(=O)OCc2ccccc2)C2(O)CC2)C(=O)N[C@@H](Cc2ccccc2)C(=O)[C@H]2CO2)cc1. The van der Waals surface area contributed by atoms with Crippen molar-refractivity contribution >= 4 is 23.7 Å². The number of ketones is 1. The van der Waals surface area contributed by atoms with E-state index in [9.17, 15) is 24.3 Å². The Morgan fingerprint density at radius 1 is 0.800 bits per heavy atom. The van der Waals surface area contributed by atoms with Gasteiger partial charge < -0.3 is 35.3 Å². The number of carbonyl (C=O) groups excluding carboxylic acids is 4. The highest BCUT2D eigenvalue weighted by molar-refractivity contribution is 5.97. The number of Topliss-reactive ketones (excluding diaryl/α,β-unsaturated/α-hetero) is 1. The number of aliphatic hydroxyl groups is 1. The second-order valence-corrected chi connectivity index (χ2v) is 11.3. The number of benzene rings is 3. The normalized spacial score (nSPS) is 18.0. The Morgan fingerprint density at radius 2 is 1.36 bits per heavy atom. The zero-order valence-electron chi connectivity index (χ0n) is 24.9. The van der Waals surface area contributed by atoms with Gasteiger partial charge in [0.1, 0.15) is 30.5 Å². The van der Waals surface area contributed by atoms with Crippen LogP contribution in [0.2, 0.25) is 0 Å². The number of carbonyl (C=O) groups is 4. The molecule has 1 aliphatic heterocycles. The van der Waals surface area contributed by atoms with Crippen LogP contribution in [-0.2, 0) is 43.3 Å². The average Bonchev–Trinajstić information content (AvgIpc) is 4.00. The number of ether oxygens (including phenoxy) is 3. The molecule has 0 aromatic heterocycles. The van der Waals surface area contributed by atoms with E-state index in [1.807, 2.05) is 48.5 Å². The van der Waals surface area contributed by atoms with E-state index in [0.717, 1.165) is 11.1 Å². The number of epoxide rings is 1. The minimum Gasteiger partial charge on any atom is -0.497 e. The molecule has 3 aromatic carbocycles. The van der Waals surface area contributed by atoms with Gasteiger partial charge >= 0.3 is 6.09 Å². The van der Waals surface area contributed by atoms with E-state index in [1.165, 1.54) is 0 Å². The van der Waals surface area contributed by atoms with Crippen LogP contribution in [0.1, 0.15) is 29.5 Å². The Morgan fingerprint density at radius 3 is 1.93 bits per heavy atom. The predicted octanol–water partition coefficient (Wildman–Crippen LogP) is 2.24. The number of amides is 3. The first-order valence-electron chi connectivity index (χ1n) is 14.9. The summed E-state index contributed by atoms with van der Waals surface area (Å²) in [5, 5.41) is 19.0. The summed E-state index contributed by atoms with van der Waals surface area (Å²) in [5.74, 6) is -0.982. The molecule has 0 radical (unpaired) electrons. The van der Waals surface area contributed by atoms with Crippen LogP contribution >= 0.6 is 0 Å². The first-order valence-corrected chi connectivity index (χ1v) is 14.9. The number of nitrogens with one attached hydrogen (secondary N) is 3. The van der Waals surface area contributed by atoms with Crippen molar-refractivity contribution in [3.8, 4) is 5.75 Å². The van der Waals surface area contributed by atoms with Crippen LogP contribution in [0.15, 0.2) is 84.9 Å². The molecule has 1 saturated carbocycles. The second-order valence-electron chi connectivity index (χ2n) is 11.3. The third kappa shape index (κ3) is 8.90. The van der Waals surface area contributed by atoms with Gasteiger partial charge in [-0.1, -0.05) is 72.8 Å². The largest absolute Gasteiger partial charge is 0.497 e. The highest BCUT2D eigenvalue weighted by Gasteiger charge is 2.52. The van der Waals surface area contributed by atoms with E-state index < -0.39 is 47.7 Å². The van der Waals surface area contributed by atoms with Crippen molar-refractivity contribution in [3.63, 3.8) is 0 Å². The van der Waals surface area contributed by atoms with Crippen molar-refractivity contribution < 1.29 is 38.5 Å². The van der Waals surface area contributed by atoms with Gasteiger partial charge in [-0.3, -0.25) is 14.4 Å². The molecule has 4 N–H and O–H groups in total. The van der Waals surface area contributed by atoms with E-state index in [4.69, 9.17) is 14.2 Å². The summed E-state index contributed by atoms with van der Waals surface area (Å²) < 4.78 is 15.7. The Hall–Kier alpha value is -4.74. The van der Waals surface area contributed by atoms with Gasteiger partial charge in [0.15, 0.2) is 5.78 Å². The molecule has 45 heavy (non-hydrogen) atoms. The summed E-state index contributed by atoms with van der Waals surface area (Å²) in [4.78, 5) is 53.2. The van der Waals surface area contributed by atoms with E-state index in [2.05, 4.69) is 16.0 Å². The number of alkyl carbamates (subject to hydrolysis) is 1. The maximum Gasteiger partial charge on any atom is 0.408 e. The summed E-state index contributed by atoms with van der Waals surface area (Å²) in [6.45, 7) is 0.266. The highest BCUT2D eigenvalue weighted by atomic mass is 16.6. The molecule has 4 atom stereocenters. The molecule has 0 unspecified atom stereocenters. The molecule has 1 aliphatic carbocycles. The van der Waals surface area contributed by atoms with Crippen LogP contribution in [0.5, 0.6) is 5.75 Å². The summed E-state index contributed by atoms with van der Waals surface area (Å²) in [6, 6.07) is 21.9. The van der Waals surface area contributed by atoms with Crippen LogP contribution in [0.4, 0.5) is 4.79 Å². The molecule has 3 aromatic rings. The molecule has 11 heteroatoms. The molecule has 11 nitrogen and oxygen atoms in total. The van der Waals surface area contributed by atoms with Gasteiger partial charge in [0.25, 0.3) is 0 Å². The van der Waals surface area contributed by atoms with Crippen molar-refractivity contribution in [2.45, 2.75) is 62.1 Å². The van der Waals surface area contributed by atoms with E-state index >= 15 is 0 Å². The first kappa shape index (κ1) is 31.7. The van der Waals surface area contributed by atoms with E-state index in [1.54, 1.807) is 43.5 Å². The monoisotopic (exact) mass is 615 g/mol. The van der Waals surface area contributed by atoms with Crippen LogP contribution in [0.25, 0.3) is 0 Å². The summed E-state index contributed by atoms with van der Waals surface area (Å²) in [5.41, 5.74) is 0.837. The fourth-order valence-corrected chi connectivity index (χ4v) is 4.99. The highest BCUT2D eigenvalue weighted by Crippen LogP contribution is 2.38. The molecular formula is C34H37N3O8. The summed E-state index contributed by atoms with van der Waals surface area (Å²) in [7, 11) is 1.54. The standard InChI is InChI=1S/C34H37N3O8/c1-43-25-14-12-23(13-15-25)19-27(31(39)35-26(29(38)28-21-44-28)18-22-8-4-2-5-9-22)36-32(40)30(34(42)16-17-34)37-33(41)45-20-24-10-6-3-7-11-24/h2-15,26-28,30,42H,16-21H2,1H3,(H,35,39)(H,36,40)(H,37,41)/t26-,27-,28+,30+/m0/s1. The molecule has 1 saturated heterocycles. The van der Waals surface area contributed by atoms with Gasteiger partial charge in [-0.15, -0.1) is 0 Å². The lowest BCUT2D eigenvalue weighted by Crippen LogP contribution is -2.60. The maximum atomic E-state index is 13.8. The number of hydrogen-bond acceptors (Lipinski definition) is 8. The fraction of sp³-hybridized carbons (Fsp3) is 0.353. The van der Waals surface area contributed by atoms with Gasteiger partial charge in [-0.2, -0.15) is 0 Å². The summed E-state index contributed by atoms with van der Waals surface area (Å²) in [6.07, 6.45) is -0.590. The average molecular weight is 616 g/mol. The third-order valence-corrected chi connectivity index (χ3v) is 7.86. The summed E-state index contributed by atoms with van der Waals surface area (Å²) >= 11 is 0. The van der Waals surface area contributed by atoms with Crippen LogP contribution in [0.3, 0.4) is 0 Å². The lowest BCUT2D eigenvalue weighted by atomic mass is 9.99. The molecule has 0 spiro atoms. The quantitative estimate of drug-likeness (QED) is 0.190. The smallest absolute Gasteiger partial charge is 0.408 e. The lowest BCUT2D eigenvalue weighted by molar-refractivity contribution is -0.133. The lowest BCUT2D eigenvalue weighted by Gasteiger charge is -2.27. The van der Waals surface area contributed by atoms with Crippen LogP contribution in [-0.4, -0.2) is 72.3 Å². The van der Waals surface area contributed by atoms with Gasteiger partial charge in [-0.25, -0.2) is 4.79 Å². The first-order chi connectivity index (χ1) is 21.7. The zero-order chi connectivity index (χ0) is 31.8. The van der Waals surface area contributed by atoms with Crippen LogP contribution in [0, 0.1) is 0 Å². The maximum absolute atomic E-state index is 13.8. The van der Waals surface area contributed by atoms with Crippen LogP contribution < -0.4 is 20.7 Å². The number of hydrogen-bond donors (Lipinski definition) is 4. The third-order valence-electron chi connectivity index (χ3n) is 7.86. The number of methoxy groups -OCH3 is 1. The van der Waals surface area contributed by atoms with Crippen molar-refractivity contribution in [1.82, 2.24) is 16.0 Å². The molecule has 2 fully saturated rings. The molecular weight excluding hydrogens is 578 g/mol. The van der Waals surface area contributed by atoms with Crippen molar-refractivity contribution in [2.75, 3.05) is 13.7 Å². The van der Waals surface area contributed by atoms with E-state index in [0.29, 0.717) is 11.3 Å². The van der Waals surface area contributed by atoms with Crippen molar-refractivity contribution in [3.05, 3.63) is 102 Å².